The lowest BCUT2D eigenvalue weighted by atomic mass is 10.3. The van der Waals surface area contributed by atoms with Crippen LogP contribution in [0.15, 0.2) is 12.4 Å². The maximum atomic E-state index is 4.42. The van der Waals surface area contributed by atoms with Gasteiger partial charge in [-0.25, -0.2) is 0 Å². The molecular weight excluding hydrogens is 202 g/mol. The summed E-state index contributed by atoms with van der Waals surface area (Å²) in [5.74, 6) is 0.907. The lowest BCUT2D eigenvalue weighted by molar-refractivity contribution is 0.640. The SMILES string of the molecule is CCCn1cnnc1-c1cc(C)nn1CC. The van der Waals surface area contributed by atoms with Gasteiger partial charge < -0.3 is 4.57 Å². The predicted octanol–water partition coefficient (Wildman–Crippen LogP) is 1.88. The average molecular weight is 219 g/mol. The molecule has 0 aliphatic carbocycles. The molecule has 0 saturated heterocycles. The molecule has 0 atom stereocenters. The van der Waals surface area contributed by atoms with E-state index in [0.717, 1.165) is 36.7 Å². The van der Waals surface area contributed by atoms with Gasteiger partial charge >= 0.3 is 0 Å². The third-order valence-corrected chi connectivity index (χ3v) is 2.51. The van der Waals surface area contributed by atoms with E-state index in [4.69, 9.17) is 0 Å². The van der Waals surface area contributed by atoms with Gasteiger partial charge in [-0.2, -0.15) is 5.10 Å². The summed E-state index contributed by atoms with van der Waals surface area (Å²) in [6, 6.07) is 2.06. The molecule has 0 N–H and O–H groups in total. The van der Waals surface area contributed by atoms with Crippen LogP contribution in [-0.2, 0) is 13.1 Å². The summed E-state index contributed by atoms with van der Waals surface area (Å²) in [4.78, 5) is 0. The molecule has 2 heterocycles. The number of aryl methyl sites for hydroxylation is 3. The predicted molar refractivity (Wildman–Crippen MR) is 61.9 cm³/mol. The van der Waals surface area contributed by atoms with Crippen LogP contribution in [0.2, 0.25) is 0 Å². The van der Waals surface area contributed by atoms with Crippen molar-refractivity contribution in [2.75, 3.05) is 0 Å². The van der Waals surface area contributed by atoms with Crippen molar-refractivity contribution in [3.8, 4) is 11.5 Å². The maximum absolute atomic E-state index is 4.42. The Balaban J connectivity index is 2.45. The molecule has 16 heavy (non-hydrogen) atoms. The monoisotopic (exact) mass is 219 g/mol. The molecule has 0 amide bonds. The van der Waals surface area contributed by atoms with E-state index in [1.165, 1.54) is 0 Å². The summed E-state index contributed by atoms with van der Waals surface area (Å²) >= 11 is 0. The Hall–Kier alpha value is -1.65. The Labute approximate surface area is 95.1 Å². The summed E-state index contributed by atoms with van der Waals surface area (Å²) in [6.45, 7) is 8.01. The first kappa shape index (κ1) is 10.9. The Kier molecular flexibility index (Phi) is 3.03. The minimum Gasteiger partial charge on any atom is -0.312 e. The van der Waals surface area contributed by atoms with Gasteiger partial charge in [-0.3, -0.25) is 4.68 Å². The average Bonchev–Trinajstić information content (AvgIpc) is 2.84. The first-order valence-electron chi connectivity index (χ1n) is 5.68. The molecule has 0 aliphatic heterocycles. The number of nitrogens with zero attached hydrogens (tertiary/aromatic N) is 5. The van der Waals surface area contributed by atoms with Crippen LogP contribution in [-0.4, -0.2) is 24.5 Å². The van der Waals surface area contributed by atoms with Gasteiger partial charge in [0, 0.05) is 13.1 Å². The molecule has 0 saturated carbocycles. The fourth-order valence-corrected chi connectivity index (χ4v) is 1.82. The quantitative estimate of drug-likeness (QED) is 0.788. The first-order valence-corrected chi connectivity index (χ1v) is 5.68. The van der Waals surface area contributed by atoms with Gasteiger partial charge in [-0.1, -0.05) is 6.92 Å². The highest BCUT2D eigenvalue weighted by Gasteiger charge is 2.12. The number of rotatable bonds is 4. The van der Waals surface area contributed by atoms with Crippen LogP contribution in [0.25, 0.3) is 11.5 Å². The van der Waals surface area contributed by atoms with Crippen LogP contribution in [0.5, 0.6) is 0 Å². The minimum atomic E-state index is 0.849. The van der Waals surface area contributed by atoms with Crippen molar-refractivity contribution in [2.45, 2.75) is 40.3 Å². The maximum Gasteiger partial charge on any atom is 0.182 e. The molecule has 0 aliphatic rings. The van der Waals surface area contributed by atoms with E-state index in [2.05, 4.69) is 39.8 Å². The van der Waals surface area contributed by atoms with Gasteiger partial charge in [-0.05, 0) is 26.3 Å². The molecule has 0 spiro atoms. The molecule has 2 aromatic heterocycles. The third-order valence-electron chi connectivity index (χ3n) is 2.51. The summed E-state index contributed by atoms with van der Waals surface area (Å²) in [6.07, 6.45) is 2.85. The standard InChI is InChI=1S/C11H17N5/c1-4-6-15-8-12-13-11(15)10-7-9(3)14-16(10)5-2/h7-8H,4-6H2,1-3H3. The second kappa shape index (κ2) is 4.47. The topological polar surface area (TPSA) is 48.5 Å². The van der Waals surface area contributed by atoms with Crippen LogP contribution in [0.4, 0.5) is 0 Å². The van der Waals surface area contributed by atoms with Crippen molar-refractivity contribution in [1.29, 1.82) is 0 Å². The van der Waals surface area contributed by atoms with E-state index >= 15 is 0 Å². The molecule has 2 rings (SSSR count). The van der Waals surface area contributed by atoms with E-state index in [-0.39, 0.29) is 0 Å². The zero-order chi connectivity index (χ0) is 11.5. The Morgan fingerprint density at radius 1 is 1.31 bits per heavy atom. The van der Waals surface area contributed by atoms with Crippen LogP contribution in [0, 0.1) is 6.92 Å². The normalized spacial score (nSPS) is 10.9. The highest BCUT2D eigenvalue weighted by molar-refractivity contribution is 5.50. The van der Waals surface area contributed by atoms with Gasteiger partial charge in [0.15, 0.2) is 5.82 Å². The number of aromatic nitrogens is 5. The van der Waals surface area contributed by atoms with Gasteiger partial charge in [0.2, 0.25) is 0 Å². The van der Waals surface area contributed by atoms with Crippen molar-refractivity contribution in [2.24, 2.45) is 0 Å². The van der Waals surface area contributed by atoms with E-state index < -0.39 is 0 Å². The second-order valence-corrected chi connectivity index (χ2v) is 3.83. The fourth-order valence-electron chi connectivity index (χ4n) is 1.82. The summed E-state index contributed by atoms with van der Waals surface area (Å²) in [5.41, 5.74) is 2.06. The van der Waals surface area contributed by atoms with Crippen molar-refractivity contribution in [1.82, 2.24) is 24.5 Å². The Morgan fingerprint density at radius 2 is 2.12 bits per heavy atom. The molecule has 86 valence electrons. The van der Waals surface area contributed by atoms with Crippen LogP contribution >= 0.6 is 0 Å². The highest BCUT2D eigenvalue weighted by atomic mass is 15.3. The smallest absolute Gasteiger partial charge is 0.182 e. The van der Waals surface area contributed by atoms with E-state index in [1.807, 2.05) is 11.6 Å². The van der Waals surface area contributed by atoms with Gasteiger partial charge in [-0.15, -0.1) is 10.2 Å². The van der Waals surface area contributed by atoms with Crippen molar-refractivity contribution in [3.05, 3.63) is 18.1 Å². The van der Waals surface area contributed by atoms with Crippen molar-refractivity contribution >= 4 is 0 Å². The van der Waals surface area contributed by atoms with E-state index in [0.29, 0.717) is 0 Å². The first-order chi connectivity index (χ1) is 7.76. The molecule has 5 nitrogen and oxygen atoms in total. The largest absolute Gasteiger partial charge is 0.312 e. The zero-order valence-corrected chi connectivity index (χ0v) is 10.0. The minimum absolute atomic E-state index is 0.849. The molecular formula is C11H17N5. The molecule has 5 heteroatoms. The molecule has 0 unspecified atom stereocenters. The van der Waals surface area contributed by atoms with Gasteiger partial charge in [0.25, 0.3) is 0 Å². The molecule has 0 fully saturated rings. The Bertz CT molecular complexity index is 468. The molecule has 0 aromatic carbocycles. The van der Waals surface area contributed by atoms with Crippen LogP contribution < -0.4 is 0 Å². The van der Waals surface area contributed by atoms with E-state index in [1.54, 1.807) is 6.33 Å². The summed E-state index contributed by atoms with van der Waals surface area (Å²) in [7, 11) is 0. The number of hydrogen-bond acceptors (Lipinski definition) is 3. The Morgan fingerprint density at radius 3 is 2.81 bits per heavy atom. The highest BCUT2D eigenvalue weighted by Crippen LogP contribution is 2.18. The molecule has 0 radical (unpaired) electrons. The second-order valence-electron chi connectivity index (χ2n) is 3.83. The molecule has 2 aromatic rings. The van der Waals surface area contributed by atoms with Crippen molar-refractivity contribution in [3.63, 3.8) is 0 Å². The van der Waals surface area contributed by atoms with Gasteiger partial charge in [0.05, 0.1) is 5.69 Å². The van der Waals surface area contributed by atoms with Crippen LogP contribution in [0.3, 0.4) is 0 Å². The lowest BCUT2D eigenvalue weighted by Gasteiger charge is -2.06. The molecule has 0 bridgehead atoms. The summed E-state index contributed by atoms with van der Waals surface area (Å²) in [5, 5.41) is 12.6. The lowest BCUT2D eigenvalue weighted by Crippen LogP contribution is -2.04. The van der Waals surface area contributed by atoms with E-state index in [9.17, 15) is 0 Å². The van der Waals surface area contributed by atoms with Crippen molar-refractivity contribution < 1.29 is 0 Å². The zero-order valence-electron chi connectivity index (χ0n) is 10.0. The van der Waals surface area contributed by atoms with Crippen LogP contribution in [0.1, 0.15) is 26.0 Å². The van der Waals surface area contributed by atoms with Gasteiger partial charge in [0.1, 0.15) is 12.0 Å². The number of hydrogen-bond donors (Lipinski definition) is 0. The fraction of sp³-hybridized carbons (Fsp3) is 0.545. The third kappa shape index (κ3) is 1.85. The summed E-state index contributed by atoms with van der Waals surface area (Å²) < 4.78 is 4.04.